The van der Waals surface area contributed by atoms with Crippen molar-refractivity contribution in [2.24, 2.45) is 7.05 Å². The van der Waals surface area contributed by atoms with Gasteiger partial charge in [0.15, 0.2) is 0 Å². The zero-order chi connectivity index (χ0) is 24.5. The van der Waals surface area contributed by atoms with Crippen LogP contribution in [0.25, 0.3) is 22.2 Å². The monoisotopic (exact) mass is 470 g/mol. The van der Waals surface area contributed by atoms with Crippen molar-refractivity contribution in [1.29, 1.82) is 0 Å². The Morgan fingerprint density at radius 1 is 0.857 bits per heavy atom. The predicted molar refractivity (Wildman–Crippen MR) is 123 cm³/mol. The minimum atomic E-state index is -0.785. The van der Waals surface area contributed by atoms with Gasteiger partial charge in [-0.05, 0) is 52.3 Å². The molecule has 3 aromatic carbocycles. The number of nitrogens with one attached hydrogen (secondary N) is 1. The number of carbonyl (C=O) groups excluding carboxylic acids is 4. The van der Waals surface area contributed by atoms with Gasteiger partial charge < -0.3 is 4.84 Å². The SMILES string of the molecule is C[n+]1nn(NC(=O)c2ccc(-c3ccc(C(=O)ON4C(=O)CCC4=O)cc3)cc2)c2ccccc21. The summed E-state index contributed by atoms with van der Waals surface area (Å²) >= 11 is 0. The van der Waals surface area contributed by atoms with Crippen LogP contribution in [-0.4, -0.2) is 38.8 Å². The zero-order valence-electron chi connectivity index (χ0n) is 18.7. The molecule has 3 amide bonds. The van der Waals surface area contributed by atoms with Crippen LogP contribution in [0.4, 0.5) is 0 Å². The van der Waals surface area contributed by atoms with Crippen LogP contribution in [0.3, 0.4) is 0 Å². The van der Waals surface area contributed by atoms with Crippen LogP contribution in [0.2, 0.25) is 0 Å². The fraction of sp³-hybridized carbons (Fsp3) is 0.120. The number of hydroxylamine groups is 2. The third-order valence-electron chi connectivity index (χ3n) is 5.67. The summed E-state index contributed by atoms with van der Waals surface area (Å²) in [6, 6.07) is 21.1. The van der Waals surface area contributed by atoms with E-state index in [0.29, 0.717) is 10.6 Å². The molecule has 0 bridgehead atoms. The fourth-order valence-corrected chi connectivity index (χ4v) is 3.80. The number of amides is 3. The highest BCUT2D eigenvalue weighted by Crippen LogP contribution is 2.22. The molecule has 1 fully saturated rings. The van der Waals surface area contributed by atoms with Crippen molar-refractivity contribution in [3.05, 3.63) is 83.9 Å². The highest BCUT2D eigenvalue weighted by molar-refractivity contribution is 6.03. The van der Waals surface area contributed by atoms with Crippen LogP contribution < -0.4 is 10.1 Å². The van der Waals surface area contributed by atoms with E-state index in [1.807, 2.05) is 24.3 Å². The van der Waals surface area contributed by atoms with E-state index >= 15 is 0 Å². The average Bonchev–Trinajstić information content (AvgIpc) is 3.37. The Bertz CT molecular complexity index is 1460. The Balaban J connectivity index is 1.27. The molecule has 0 atom stereocenters. The molecule has 4 aromatic rings. The summed E-state index contributed by atoms with van der Waals surface area (Å²) < 4.78 is 1.68. The molecular formula is C25H20N5O5+. The number of rotatable bonds is 5. The molecule has 1 aromatic heterocycles. The average molecular weight is 470 g/mol. The van der Waals surface area contributed by atoms with Gasteiger partial charge in [-0.3, -0.25) is 14.4 Å². The highest BCUT2D eigenvalue weighted by atomic mass is 16.7. The van der Waals surface area contributed by atoms with Gasteiger partial charge in [-0.2, -0.15) is 5.43 Å². The van der Waals surface area contributed by atoms with E-state index in [9.17, 15) is 19.2 Å². The molecular weight excluding hydrogens is 450 g/mol. The maximum Gasteiger partial charge on any atom is 0.363 e. The second-order valence-corrected chi connectivity index (χ2v) is 7.97. The second-order valence-electron chi connectivity index (χ2n) is 7.97. The summed E-state index contributed by atoms with van der Waals surface area (Å²) in [5.41, 5.74) is 6.75. The molecule has 1 aliphatic heterocycles. The van der Waals surface area contributed by atoms with Crippen molar-refractivity contribution >= 4 is 34.7 Å². The molecule has 0 saturated carbocycles. The van der Waals surface area contributed by atoms with Crippen molar-refractivity contribution in [3.63, 3.8) is 0 Å². The number of carbonyl (C=O) groups is 4. The third kappa shape index (κ3) is 4.24. The molecule has 35 heavy (non-hydrogen) atoms. The fourth-order valence-electron chi connectivity index (χ4n) is 3.80. The van der Waals surface area contributed by atoms with Gasteiger partial charge in [0, 0.05) is 18.4 Å². The van der Waals surface area contributed by atoms with Gasteiger partial charge in [0.1, 0.15) is 12.3 Å². The maximum absolute atomic E-state index is 12.7. The van der Waals surface area contributed by atoms with E-state index < -0.39 is 17.8 Å². The summed E-state index contributed by atoms with van der Waals surface area (Å²) in [5, 5.41) is 4.83. The van der Waals surface area contributed by atoms with E-state index in [4.69, 9.17) is 4.84 Å². The molecule has 0 radical (unpaired) electrons. The van der Waals surface area contributed by atoms with Crippen molar-refractivity contribution in [1.82, 2.24) is 15.1 Å². The molecule has 2 heterocycles. The number of benzene rings is 3. The quantitative estimate of drug-likeness (QED) is 0.353. The third-order valence-corrected chi connectivity index (χ3v) is 5.67. The Hall–Kier alpha value is -4.86. The summed E-state index contributed by atoms with van der Waals surface area (Å²) in [4.78, 5) is 54.6. The number of para-hydroxylation sites is 2. The Labute approximate surface area is 199 Å². The molecule has 1 saturated heterocycles. The lowest BCUT2D eigenvalue weighted by Gasteiger charge is -2.12. The topological polar surface area (TPSA) is 114 Å². The van der Waals surface area contributed by atoms with Gasteiger partial charge in [0.05, 0.1) is 5.56 Å². The first-order valence-corrected chi connectivity index (χ1v) is 10.8. The number of fused-ring (bicyclic) bond motifs is 1. The van der Waals surface area contributed by atoms with Crippen LogP contribution in [0.5, 0.6) is 0 Å². The largest absolute Gasteiger partial charge is 0.363 e. The van der Waals surface area contributed by atoms with E-state index in [0.717, 1.165) is 22.2 Å². The van der Waals surface area contributed by atoms with Gasteiger partial charge in [-0.1, -0.05) is 36.4 Å². The molecule has 0 spiro atoms. The van der Waals surface area contributed by atoms with Crippen LogP contribution >= 0.6 is 0 Å². The maximum atomic E-state index is 12.7. The number of nitrogens with zero attached hydrogens (tertiary/aromatic N) is 4. The number of aryl methyl sites for hydroxylation is 1. The Morgan fingerprint density at radius 3 is 2.06 bits per heavy atom. The second kappa shape index (κ2) is 8.82. The lowest BCUT2D eigenvalue weighted by atomic mass is 10.0. The van der Waals surface area contributed by atoms with Crippen LogP contribution in [-0.2, 0) is 21.5 Å². The smallest absolute Gasteiger partial charge is 0.325 e. The van der Waals surface area contributed by atoms with E-state index in [1.165, 1.54) is 4.79 Å². The first-order valence-electron chi connectivity index (χ1n) is 10.8. The van der Waals surface area contributed by atoms with Crippen LogP contribution in [0, 0.1) is 0 Å². The molecule has 5 rings (SSSR count). The van der Waals surface area contributed by atoms with Crippen molar-refractivity contribution in [2.45, 2.75) is 12.8 Å². The standard InChI is InChI=1S/C25H19N5O5/c1-28-20-4-2-3-5-21(20)30(27-28)26-24(33)18-10-6-16(7-11-18)17-8-12-19(13-9-17)25(34)35-29-22(31)14-15-23(29)32/h2-13H,14-15H2,1H3/p+1. The Morgan fingerprint density at radius 2 is 1.43 bits per heavy atom. The zero-order valence-corrected chi connectivity index (χ0v) is 18.7. The number of imide groups is 1. The summed E-state index contributed by atoms with van der Waals surface area (Å²) in [5.74, 6) is -2.15. The van der Waals surface area contributed by atoms with Gasteiger partial charge >= 0.3 is 5.97 Å². The molecule has 0 unspecified atom stereocenters. The lowest BCUT2D eigenvalue weighted by molar-refractivity contribution is -0.708. The lowest BCUT2D eigenvalue weighted by Crippen LogP contribution is -2.34. The van der Waals surface area contributed by atoms with Crippen molar-refractivity contribution in [3.8, 4) is 11.1 Å². The number of aromatic nitrogens is 3. The van der Waals surface area contributed by atoms with Crippen molar-refractivity contribution < 1.29 is 28.7 Å². The molecule has 1 aliphatic rings. The number of hydrogen-bond acceptors (Lipinski definition) is 6. The summed E-state index contributed by atoms with van der Waals surface area (Å²) in [7, 11) is 1.80. The van der Waals surface area contributed by atoms with Gasteiger partial charge in [0.25, 0.3) is 17.7 Å². The minimum Gasteiger partial charge on any atom is -0.325 e. The molecule has 0 aliphatic carbocycles. The van der Waals surface area contributed by atoms with Crippen LogP contribution in [0.15, 0.2) is 72.8 Å². The van der Waals surface area contributed by atoms with E-state index in [-0.39, 0.29) is 24.3 Å². The summed E-state index contributed by atoms with van der Waals surface area (Å²) in [6.07, 6.45) is 0.0758. The molecule has 10 heteroatoms. The first-order chi connectivity index (χ1) is 16.9. The molecule has 1 N–H and O–H groups in total. The Kier molecular flexibility index (Phi) is 5.54. The molecule has 10 nitrogen and oxygen atoms in total. The van der Waals surface area contributed by atoms with Gasteiger partial charge in [-0.15, -0.1) is 9.75 Å². The van der Waals surface area contributed by atoms with Crippen molar-refractivity contribution in [2.75, 3.05) is 5.43 Å². The number of hydrogen-bond donors (Lipinski definition) is 1. The van der Waals surface area contributed by atoms with E-state index in [2.05, 4.69) is 10.6 Å². The van der Waals surface area contributed by atoms with Crippen LogP contribution in [0.1, 0.15) is 33.6 Å². The van der Waals surface area contributed by atoms with E-state index in [1.54, 1.807) is 60.3 Å². The normalized spacial score (nSPS) is 13.3. The molecule has 174 valence electrons. The van der Waals surface area contributed by atoms with Gasteiger partial charge in [0.2, 0.25) is 11.0 Å². The highest BCUT2D eigenvalue weighted by Gasteiger charge is 2.33. The first kappa shape index (κ1) is 22.0. The van der Waals surface area contributed by atoms with Gasteiger partial charge in [-0.25, -0.2) is 4.79 Å². The summed E-state index contributed by atoms with van der Waals surface area (Å²) in [6.45, 7) is 0. The minimum absolute atomic E-state index is 0.0379. The predicted octanol–water partition coefficient (Wildman–Crippen LogP) is 2.13.